The van der Waals surface area contributed by atoms with E-state index in [9.17, 15) is 15.2 Å². The van der Waals surface area contributed by atoms with Crippen LogP contribution in [0.3, 0.4) is 0 Å². The summed E-state index contributed by atoms with van der Waals surface area (Å²) in [4.78, 5) is 12.6. The van der Waals surface area contributed by atoms with E-state index >= 15 is 0 Å². The number of piperidine rings is 1. The number of hydrogen-bond acceptors (Lipinski definition) is 4. The minimum absolute atomic E-state index is 0.0444. The zero-order valence-electron chi connectivity index (χ0n) is 10.8. The Hall–Kier alpha value is -1.33. The number of halogens is 1. The lowest BCUT2D eigenvalue weighted by Gasteiger charge is -2.34. The van der Waals surface area contributed by atoms with Crippen LogP contribution < -0.4 is 4.90 Å². The van der Waals surface area contributed by atoms with Crippen LogP contribution in [0, 0.1) is 16.0 Å². The van der Waals surface area contributed by atoms with Crippen LogP contribution >= 0.6 is 11.6 Å². The van der Waals surface area contributed by atoms with E-state index in [1.807, 2.05) is 4.90 Å². The smallest absolute Gasteiger partial charge is 0.294 e. The number of anilines is 1. The number of nitro groups is 1. The molecule has 0 spiro atoms. The zero-order chi connectivity index (χ0) is 14.0. The molecule has 6 heteroatoms. The Labute approximate surface area is 116 Å². The lowest BCUT2D eigenvalue weighted by molar-refractivity contribution is -0.384. The summed E-state index contributed by atoms with van der Waals surface area (Å²) in [6.07, 6.45) is 1.31. The zero-order valence-corrected chi connectivity index (χ0v) is 11.5. The highest BCUT2D eigenvalue weighted by Gasteiger charge is 2.28. The molecule has 1 aromatic rings. The van der Waals surface area contributed by atoms with Gasteiger partial charge in [0, 0.05) is 19.2 Å². The van der Waals surface area contributed by atoms with Crippen LogP contribution in [0.2, 0.25) is 5.02 Å². The molecule has 1 aromatic carbocycles. The van der Waals surface area contributed by atoms with Gasteiger partial charge in [-0.3, -0.25) is 10.1 Å². The van der Waals surface area contributed by atoms with Crippen molar-refractivity contribution < 1.29 is 10.0 Å². The molecule has 0 bridgehead atoms. The van der Waals surface area contributed by atoms with Crippen molar-refractivity contribution in [2.24, 2.45) is 5.92 Å². The van der Waals surface area contributed by atoms with Gasteiger partial charge in [-0.25, -0.2) is 0 Å². The Morgan fingerprint density at radius 1 is 1.47 bits per heavy atom. The molecule has 1 fully saturated rings. The van der Waals surface area contributed by atoms with Gasteiger partial charge < -0.3 is 10.0 Å². The highest BCUT2D eigenvalue weighted by atomic mass is 35.5. The first kappa shape index (κ1) is 14.1. The van der Waals surface area contributed by atoms with Crippen molar-refractivity contribution >= 4 is 23.0 Å². The van der Waals surface area contributed by atoms with E-state index in [0.717, 1.165) is 12.8 Å². The van der Waals surface area contributed by atoms with Gasteiger partial charge in [-0.15, -0.1) is 0 Å². The number of nitro benzene ring substituents is 1. The Morgan fingerprint density at radius 3 is 2.63 bits per heavy atom. The maximum absolute atomic E-state index is 11.1. The van der Waals surface area contributed by atoms with Crippen molar-refractivity contribution in [3.05, 3.63) is 33.3 Å². The molecule has 1 aliphatic rings. The van der Waals surface area contributed by atoms with Crippen molar-refractivity contribution in [1.29, 1.82) is 0 Å². The average molecular weight is 285 g/mol. The molecule has 19 heavy (non-hydrogen) atoms. The number of hydrogen-bond donors (Lipinski definition) is 1. The SMILES string of the molecule is CC(O)C1CCN(c2c(Cl)cccc2[N+](=O)[O-])CC1. The van der Waals surface area contributed by atoms with Crippen LogP contribution in [-0.4, -0.2) is 29.2 Å². The summed E-state index contributed by atoms with van der Waals surface area (Å²) in [6, 6.07) is 4.74. The lowest BCUT2D eigenvalue weighted by atomic mass is 9.92. The number of aliphatic hydroxyl groups excluding tert-OH is 1. The summed E-state index contributed by atoms with van der Waals surface area (Å²) >= 11 is 6.11. The van der Waals surface area contributed by atoms with Crippen LogP contribution in [0.5, 0.6) is 0 Å². The minimum atomic E-state index is -0.401. The van der Waals surface area contributed by atoms with Gasteiger partial charge in [-0.05, 0) is 31.7 Å². The summed E-state index contributed by atoms with van der Waals surface area (Å²) in [5, 5.41) is 21.1. The first-order chi connectivity index (χ1) is 9.00. The standard InChI is InChI=1S/C13H17ClN2O3/c1-9(17)10-5-7-15(8-6-10)13-11(14)3-2-4-12(13)16(18)19/h2-4,9-10,17H,5-8H2,1H3. The molecule has 0 saturated carbocycles. The van der Waals surface area contributed by atoms with E-state index in [0.29, 0.717) is 23.8 Å². The van der Waals surface area contributed by atoms with Crippen LogP contribution in [0.1, 0.15) is 19.8 Å². The first-order valence-electron chi connectivity index (χ1n) is 6.36. The second-order valence-electron chi connectivity index (χ2n) is 4.93. The van der Waals surface area contributed by atoms with Gasteiger partial charge in [-0.1, -0.05) is 17.7 Å². The van der Waals surface area contributed by atoms with Gasteiger partial charge in [0.25, 0.3) is 5.69 Å². The minimum Gasteiger partial charge on any atom is -0.393 e. The second-order valence-corrected chi connectivity index (χ2v) is 5.34. The van der Waals surface area contributed by atoms with Crippen molar-refractivity contribution in [3.8, 4) is 0 Å². The van der Waals surface area contributed by atoms with E-state index in [1.165, 1.54) is 6.07 Å². The molecule has 104 valence electrons. The normalized spacial score (nSPS) is 18.4. The van der Waals surface area contributed by atoms with E-state index in [1.54, 1.807) is 19.1 Å². The molecule has 1 atom stereocenters. The van der Waals surface area contributed by atoms with Gasteiger partial charge >= 0.3 is 0 Å². The predicted octanol–water partition coefficient (Wildman–Crippen LogP) is 2.85. The highest BCUT2D eigenvalue weighted by Crippen LogP contribution is 2.37. The Morgan fingerprint density at radius 2 is 2.11 bits per heavy atom. The molecule has 5 nitrogen and oxygen atoms in total. The number of rotatable bonds is 3. The van der Waals surface area contributed by atoms with E-state index in [4.69, 9.17) is 11.6 Å². The molecule has 0 aromatic heterocycles. The molecular weight excluding hydrogens is 268 g/mol. The summed E-state index contributed by atoms with van der Waals surface area (Å²) in [5.74, 6) is 0.262. The molecule has 0 radical (unpaired) electrons. The largest absolute Gasteiger partial charge is 0.393 e. The average Bonchev–Trinajstić information content (AvgIpc) is 2.38. The molecule has 2 rings (SSSR count). The Balaban J connectivity index is 2.22. The van der Waals surface area contributed by atoms with Gasteiger partial charge in [0.2, 0.25) is 0 Å². The molecule has 1 N–H and O–H groups in total. The lowest BCUT2D eigenvalue weighted by Crippen LogP contribution is -2.37. The summed E-state index contributed by atoms with van der Waals surface area (Å²) < 4.78 is 0. The van der Waals surface area contributed by atoms with Crippen molar-refractivity contribution in [2.75, 3.05) is 18.0 Å². The molecule has 0 aliphatic carbocycles. The van der Waals surface area contributed by atoms with Gasteiger partial charge in [0.1, 0.15) is 5.69 Å². The Kier molecular flexibility index (Phi) is 4.27. The third-order valence-electron chi connectivity index (χ3n) is 3.70. The van der Waals surface area contributed by atoms with E-state index in [-0.39, 0.29) is 17.7 Å². The highest BCUT2D eigenvalue weighted by molar-refractivity contribution is 6.33. The maximum Gasteiger partial charge on any atom is 0.294 e. The summed E-state index contributed by atoms with van der Waals surface area (Å²) in [5.41, 5.74) is 0.543. The third-order valence-corrected chi connectivity index (χ3v) is 4.01. The van der Waals surface area contributed by atoms with Crippen LogP contribution in [0.4, 0.5) is 11.4 Å². The number of benzene rings is 1. The van der Waals surface area contributed by atoms with E-state index in [2.05, 4.69) is 0 Å². The second kappa shape index (κ2) is 5.75. The quantitative estimate of drug-likeness (QED) is 0.685. The molecule has 1 saturated heterocycles. The van der Waals surface area contributed by atoms with Gasteiger partial charge in [0.05, 0.1) is 16.0 Å². The third kappa shape index (κ3) is 2.98. The number of nitrogens with zero attached hydrogens (tertiary/aromatic N) is 2. The Bertz CT molecular complexity index is 471. The fourth-order valence-electron chi connectivity index (χ4n) is 2.57. The fraction of sp³-hybridized carbons (Fsp3) is 0.538. The number of para-hydroxylation sites is 1. The molecular formula is C13H17ClN2O3. The predicted molar refractivity (Wildman–Crippen MR) is 74.7 cm³/mol. The van der Waals surface area contributed by atoms with Crippen LogP contribution in [-0.2, 0) is 0 Å². The van der Waals surface area contributed by atoms with E-state index < -0.39 is 4.92 Å². The monoisotopic (exact) mass is 284 g/mol. The summed E-state index contributed by atoms with van der Waals surface area (Å²) in [6.45, 7) is 3.15. The molecule has 1 unspecified atom stereocenters. The topological polar surface area (TPSA) is 66.6 Å². The maximum atomic E-state index is 11.1. The van der Waals surface area contributed by atoms with Gasteiger partial charge in [-0.2, -0.15) is 0 Å². The van der Waals surface area contributed by atoms with Crippen LogP contribution in [0.25, 0.3) is 0 Å². The molecule has 1 heterocycles. The van der Waals surface area contributed by atoms with Crippen molar-refractivity contribution in [3.63, 3.8) is 0 Å². The fourth-order valence-corrected chi connectivity index (χ4v) is 2.86. The molecule has 1 aliphatic heterocycles. The first-order valence-corrected chi connectivity index (χ1v) is 6.74. The molecule has 0 amide bonds. The van der Waals surface area contributed by atoms with Crippen molar-refractivity contribution in [2.45, 2.75) is 25.9 Å². The number of aliphatic hydroxyl groups is 1. The van der Waals surface area contributed by atoms with Crippen molar-refractivity contribution in [1.82, 2.24) is 0 Å². The summed E-state index contributed by atoms with van der Waals surface area (Å²) in [7, 11) is 0. The van der Waals surface area contributed by atoms with Gasteiger partial charge in [0.15, 0.2) is 0 Å². The van der Waals surface area contributed by atoms with Crippen LogP contribution in [0.15, 0.2) is 18.2 Å².